The maximum atomic E-state index is 2.59. The summed E-state index contributed by atoms with van der Waals surface area (Å²) in [6, 6.07) is 20.5. The highest BCUT2D eigenvalue weighted by atomic mass is 15.3. The molecular weight excluding hydrogens is 496 g/mol. The van der Waals surface area contributed by atoms with E-state index in [1.54, 1.807) is 16.7 Å². The Morgan fingerprint density at radius 1 is 0.659 bits per heavy atom. The highest BCUT2D eigenvalue weighted by Crippen LogP contribution is 2.58. The molecule has 0 saturated carbocycles. The molecule has 0 spiro atoms. The van der Waals surface area contributed by atoms with E-state index >= 15 is 0 Å². The van der Waals surface area contributed by atoms with Gasteiger partial charge in [-0.1, -0.05) is 65.0 Å². The molecule has 9 rings (SSSR count). The number of aryl methyl sites for hydroxylation is 2. The SMILES string of the molecule is CCN1Cc2cc3c(cc2N(C)C1)C1c2cc(C)c(C)cc2C3c2cc3cc4c(cc3cc21)C(C)(C)CCC4(C)C. The maximum Gasteiger partial charge on any atom is 0.0706 e. The van der Waals surface area contributed by atoms with Crippen LogP contribution in [-0.2, 0) is 17.4 Å². The Balaban J connectivity index is 1.40. The zero-order valence-electron chi connectivity index (χ0n) is 26.2. The number of fused-ring (bicyclic) bond motifs is 3. The molecule has 4 aromatic rings. The van der Waals surface area contributed by atoms with Crippen molar-refractivity contribution in [1.29, 1.82) is 0 Å². The summed E-state index contributed by atoms with van der Waals surface area (Å²) in [6.07, 6.45) is 2.50. The Labute approximate surface area is 246 Å². The van der Waals surface area contributed by atoms with E-state index in [9.17, 15) is 0 Å². The minimum atomic E-state index is 0.220. The number of rotatable bonds is 1. The molecule has 2 nitrogen and oxygen atoms in total. The molecule has 1 aliphatic heterocycles. The lowest BCUT2D eigenvalue weighted by Crippen LogP contribution is -2.40. The van der Waals surface area contributed by atoms with Crippen molar-refractivity contribution in [1.82, 2.24) is 4.90 Å². The largest absolute Gasteiger partial charge is 0.361 e. The average Bonchev–Trinajstić information content (AvgIpc) is 2.93. The van der Waals surface area contributed by atoms with Gasteiger partial charge < -0.3 is 4.90 Å². The summed E-state index contributed by atoms with van der Waals surface area (Å²) >= 11 is 0. The molecule has 2 atom stereocenters. The van der Waals surface area contributed by atoms with Crippen LogP contribution in [0.4, 0.5) is 5.69 Å². The van der Waals surface area contributed by atoms with Gasteiger partial charge in [0.25, 0.3) is 0 Å². The smallest absolute Gasteiger partial charge is 0.0706 e. The van der Waals surface area contributed by atoms with E-state index in [2.05, 4.69) is 114 Å². The Kier molecular flexibility index (Phi) is 5.15. The van der Waals surface area contributed by atoms with Gasteiger partial charge in [-0.05, 0) is 134 Å². The zero-order valence-corrected chi connectivity index (χ0v) is 26.2. The summed E-state index contributed by atoms with van der Waals surface area (Å²) in [5, 5.41) is 2.84. The molecule has 0 fully saturated rings. The Hall–Kier alpha value is -3.10. The van der Waals surface area contributed by atoms with Crippen LogP contribution in [0, 0.1) is 13.8 Å². The van der Waals surface area contributed by atoms with Crippen molar-refractivity contribution in [2.45, 2.75) is 90.5 Å². The third kappa shape index (κ3) is 3.46. The number of hydrogen-bond donors (Lipinski definition) is 0. The topological polar surface area (TPSA) is 6.48 Å². The van der Waals surface area contributed by atoms with E-state index in [4.69, 9.17) is 0 Å². The van der Waals surface area contributed by atoms with Gasteiger partial charge in [0.05, 0.1) is 6.67 Å². The van der Waals surface area contributed by atoms with E-state index in [1.807, 2.05) is 0 Å². The summed E-state index contributed by atoms with van der Waals surface area (Å²) in [5.41, 5.74) is 18.5. The van der Waals surface area contributed by atoms with Crippen LogP contribution in [0.3, 0.4) is 0 Å². The van der Waals surface area contributed by atoms with Gasteiger partial charge in [0.2, 0.25) is 0 Å². The summed E-state index contributed by atoms with van der Waals surface area (Å²) in [5.74, 6) is 0.601. The monoisotopic (exact) mass is 540 g/mol. The minimum absolute atomic E-state index is 0.220. The van der Waals surface area contributed by atoms with Crippen molar-refractivity contribution in [3.05, 3.63) is 110 Å². The molecule has 0 N–H and O–H groups in total. The molecule has 41 heavy (non-hydrogen) atoms. The average molecular weight is 541 g/mol. The second kappa shape index (κ2) is 8.26. The molecule has 0 saturated heterocycles. The zero-order chi connectivity index (χ0) is 28.6. The minimum Gasteiger partial charge on any atom is -0.361 e. The molecular formula is C39H44N2. The van der Waals surface area contributed by atoms with E-state index in [1.165, 1.54) is 73.8 Å². The van der Waals surface area contributed by atoms with Crippen molar-refractivity contribution in [3.63, 3.8) is 0 Å². The van der Waals surface area contributed by atoms with E-state index in [-0.39, 0.29) is 10.8 Å². The lowest BCUT2D eigenvalue weighted by Gasteiger charge is -2.45. The molecule has 2 heteroatoms. The molecule has 0 aromatic heterocycles. The molecule has 2 bridgehead atoms. The third-order valence-electron chi connectivity index (χ3n) is 11.5. The Morgan fingerprint density at radius 3 is 1.63 bits per heavy atom. The first-order valence-electron chi connectivity index (χ1n) is 15.8. The van der Waals surface area contributed by atoms with Crippen molar-refractivity contribution in [3.8, 4) is 0 Å². The summed E-state index contributed by atoms with van der Waals surface area (Å²) < 4.78 is 0. The van der Waals surface area contributed by atoms with Crippen LogP contribution < -0.4 is 4.90 Å². The standard InChI is InChI=1S/C39H44N2/c1-9-41-20-26-16-31-32(19-35(26)40(8)21-41)37-28-13-23(3)22(2)12-27(28)36(31)29-14-24-17-33-34(18-25(24)15-30(29)37)39(6,7)11-10-38(33,4)5/h12-19,36-37H,9-11,20-21H2,1-8H3. The first-order chi connectivity index (χ1) is 19.5. The maximum absolute atomic E-state index is 2.59. The van der Waals surface area contributed by atoms with Crippen LogP contribution in [0.25, 0.3) is 10.8 Å². The fourth-order valence-electron chi connectivity index (χ4n) is 8.79. The Bertz CT molecular complexity index is 1790. The van der Waals surface area contributed by atoms with Gasteiger partial charge in [0.15, 0.2) is 0 Å². The van der Waals surface area contributed by atoms with Gasteiger partial charge in [-0.3, -0.25) is 4.90 Å². The molecule has 2 unspecified atom stereocenters. The van der Waals surface area contributed by atoms with Gasteiger partial charge in [-0.2, -0.15) is 0 Å². The van der Waals surface area contributed by atoms with Gasteiger partial charge in [-0.15, -0.1) is 0 Å². The van der Waals surface area contributed by atoms with Crippen molar-refractivity contribution in [2.24, 2.45) is 0 Å². The highest BCUT2D eigenvalue weighted by molar-refractivity contribution is 5.89. The molecule has 1 heterocycles. The molecule has 0 amide bonds. The number of hydrogen-bond acceptors (Lipinski definition) is 2. The van der Waals surface area contributed by atoms with Crippen LogP contribution in [0.5, 0.6) is 0 Å². The van der Waals surface area contributed by atoms with E-state index in [0.29, 0.717) is 11.8 Å². The lowest BCUT2D eigenvalue weighted by molar-refractivity contribution is 0.271. The van der Waals surface area contributed by atoms with Crippen LogP contribution >= 0.6 is 0 Å². The van der Waals surface area contributed by atoms with Gasteiger partial charge in [0, 0.05) is 31.1 Å². The normalized spacial score (nSPS) is 23.1. The van der Waals surface area contributed by atoms with Crippen molar-refractivity contribution in [2.75, 3.05) is 25.2 Å². The van der Waals surface area contributed by atoms with E-state index in [0.717, 1.165) is 19.8 Å². The van der Waals surface area contributed by atoms with Gasteiger partial charge in [0.1, 0.15) is 0 Å². The van der Waals surface area contributed by atoms with Crippen LogP contribution in [-0.4, -0.2) is 25.2 Å². The fraction of sp³-hybridized carbons (Fsp3) is 0.436. The molecule has 0 radical (unpaired) electrons. The Morgan fingerprint density at radius 2 is 1.12 bits per heavy atom. The predicted molar refractivity (Wildman–Crippen MR) is 173 cm³/mol. The summed E-state index contributed by atoms with van der Waals surface area (Å²) in [6.45, 7) is 19.8. The molecule has 4 aliphatic carbocycles. The number of nitrogens with zero attached hydrogens (tertiary/aromatic N) is 2. The highest BCUT2D eigenvalue weighted by Gasteiger charge is 2.43. The van der Waals surface area contributed by atoms with Crippen LogP contribution in [0.2, 0.25) is 0 Å². The predicted octanol–water partition coefficient (Wildman–Crippen LogP) is 9.02. The quantitative estimate of drug-likeness (QED) is 0.205. The van der Waals surface area contributed by atoms with Crippen molar-refractivity contribution >= 4 is 16.5 Å². The molecule has 4 aromatic carbocycles. The summed E-state index contributed by atoms with van der Waals surface area (Å²) in [7, 11) is 2.27. The lowest BCUT2D eigenvalue weighted by atomic mass is 9.59. The third-order valence-corrected chi connectivity index (χ3v) is 11.5. The first-order valence-corrected chi connectivity index (χ1v) is 15.8. The summed E-state index contributed by atoms with van der Waals surface area (Å²) in [4.78, 5) is 5.01. The van der Waals surface area contributed by atoms with Crippen LogP contribution in [0.15, 0.2) is 48.5 Å². The first kappa shape index (κ1) is 25.6. The molecule has 5 aliphatic rings. The van der Waals surface area contributed by atoms with E-state index < -0.39 is 0 Å². The fourth-order valence-corrected chi connectivity index (χ4v) is 8.79. The van der Waals surface area contributed by atoms with Gasteiger partial charge >= 0.3 is 0 Å². The van der Waals surface area contributed by atoms with Crippen molar-refractivity contribution < 1.29 is 0 Å². The number of benzene rings is 4. The molecule has 210 valence electrons. The second-order valence-electron chi connectivity index (χ2n) is 15.0. The van der Waals surface area contributed by atoms with Gasteiger partial charge in [-0.25, -0.2) is 0 Å². The number of anilines is 1. The van der Waals surface area contributed by atoms with Crippen LogP contribution in [0.1, 0.15) is 120 Å². The second-order valence-corrected chi connectivity index (χ2v) is 15.0.